The number of carbonyl (C=O) groups excluding carboxylic acids is 2. The predicted molar refractivity (Wildman–Crippen MR) is 117 cm³/mol. The van der Waals surface area contributed by atoms with Crippen molar-refractivity contribution in [1.29, 1.82) is 0 Å². The molecule has 0 aliphatic carbocycles. The Morgan fingerprint density at radius 3 is 2.53 bits per heavy atom. The van der Waals surface area contributed by atoms with Gasteiger partial charge in [-0.3, -0.25) is 14.6 Å². The summed E-state index contributed by atoms with van der Waals surface area (Å²) in [5.74, 6) is 0.0959. The lowest BCUT2D eigenvalue weighted by Crippen LogP contribution is -2.51. The van der Waals surface area contributed by atoms with Gasteiger partial charge in [-0.1, -0.05) is 12.1 Å². The Bertz CT molecular complexity index is 991. The van der Waals surface area contributed by atoms with Crippen LogP contribution in [0.5, 0.6) is 0 Å². The monoisotopic (exact) mass is 448 g/mol. The SMILES string of the molecule is Cc1cccc(NC(=O)CSCC(=O)N2CCN(S(=O)(=O)c3cccnc3)CC2)c1. The van der Waals surface area contributed by atoms with Crippen LogP contribution < -0.4 is 5.32 Å². The van der Waals surface area contributed by atoms with Crippen molar-refractivity contribution in [1.82, 2.24) is 14.2 Å². The number of piperazine rings is 1. The van der Waals surface area contributed by atoms with Gasteiger partial charge >= 0.3 is 0 Å². The lowest BCUT2D eigenvalue weighted by Gasteiger charge is -2.33. The minimum atomic E-state index is -3.60. The van der Waals surface area contributed by atoms with Crippen molar-refractivity contribution < 1.29 is 18.0 Å². The molecular formula is C20H24N4O4S2. The van der Waals surface area contributed by atoms with Crippen molar-refractivity contribution >= 4 is 39.3 Å². The Kier molecular flexibility index (Phi) is 7.46. The normalized spacial score (nSPS) is 15.0. The standard InChI is InChI=1S/C20H24N4O4S2/c1-16-4-2-5-17(12-16)22-19(25)14-29-15-20(26)23-8-10-24(11-9-23)30(27,28)18-6-3-7-21-13-18/h2-7,12-13H,8-11,14-15H2,1H3,(H,22,25). The molecule has 1 saturated heterocycles. The van der Waals surface area contributed by atoms with Crippen LogP contribution in [0.4, 0.5) is 5.69 Å². The molecule has 1 aliphatic rings. The number of aryl methyl sites for hydroxylation is 1. The zero-order valence-electron chi connectivity index (χ0n) is 16.7. The topological polar surface area (TPSA) is 99.7 Å². The summed E-state index contributed by atoms with van der Waals surface area (Å²) in [6.07, 6.45) is 2.85. The lowest BCUT2D eigenvalue weighted by atomic mass is 10.2. The first-order valence-corrected chi connectivity index (χ1v) is 12.1. The molecule has 1 N–H and O–H groups in total. The number of rotatable bonds is 7. The van der Waals surface area contributed by atoms with Crippen molar-refractivity contribution in [3.63, 3.8) is 0 Å². The smallest absolute Gasteiger partial charge is 0.244 e. The molecule has 3 rings (SSSR count). The van der Waals surface area contributed by atoms with Gasteiger partial charge in [-0.15, -0.1) is 11.8 Å². The summed E-state index contributed by atoms with van der Waals surface area (Å²) < 4.78 is 26.6. The zero-order chi connectivity index (χ0) is 21.6. The van der Waals surface area contributed by atoms with Gasteiger partial charge < -0.3 is 10.2 Å². The number of thioether (sulfide) groups is 1. The number of amides is 2. The van der Waals surface area contributed by atoms with Gasteiger partial charge in [0.1, 0.15) is 4.90 Å². The van der Waals surface area contributed by atoms with E-state index in [1.165, 1.54) is 34.5 Å². The summed E-state index contributed by atoms with van der Waals surface area (Å²) in [5.41, 5.74) is 1.79. The van der Waals surface area contributed by atoms with Crippen LogP contribution in [0.1, 0.15) is 5.56 Å². The van der Waals surface area contributed by atoms with Crippen molar-refractivity contribution in [2.45, 2.75) is 11.8 Å². The Hall–Kier alpha value is -2.43. The number of anilines is 1. The van der Waals surface area contributed by atoms with E-state index in [1.54, 1.807) is 11.0 Å². The maximum Gasteiger partial charge on any atom is 0.244 e. The largest absolute Gasteiger partial charge is 0.339 e. The highest BCUT2D eigenvalue weighted by Gasteiger charge is 2.30. The number of hydrogen-bond donors (Lipinski definition) is 1. The molecule has 1 fully saturated rings. The third-order valence-electron chi connectivity index (χ3n) is 4.62. The quantitative estimate of drug-likeness (QED) is 0.691. The van der Waals surface area contributed by atoms with Gasteiger partial charge in [0.15, 0.2) is 0 Å². The van der Waals surface area contributed by atoms with E-state index in [9.17, 15) is 18.0 Å². The summed E-state index contributed by atoms with van der Waals surface area (Å²) in [6, 6.07) is 10.6. The van der Waals surface area contributed by atoms with Gasteiger partial charge in [0, 0.05) is 44.3 Å². The highest BCUT2D eigenvalue weighted by Crippen LogP contribution is 2.17. The van der Waals surface area contributed by atoms with Crippen LogP contribution in [0.15, 0.2) is 53.7 Å². The number of carbonyl (C=O) groups is 2. The highest BCUT2D eigenvalue weighted by molar-refractivity contribution is 8.00. The van der Waals surface area contributed by atoms with E-state index in [2.05, 4.69) is 10.3 Å². The number of hydrogen-bond acceptors (Lipinski definition) is 6. The molecule has 0 spiro atoms. The Morgan fingerprint density at radius 2 is 1.87 bits per heavy atom. The second kappa shape index (κ2) is 10.1. The molecule has 0 unspecified atom stereocenters. The van der Waals surface area contributed by atoms with Crippen molar-refractivity contribution in [3.05, 3.63) is 54.4 Å². The predicted octanol–water partition coefficient (Wildman–Crippen LogP) is 1.59. The fourth-order valence-electron chi connectivity index (χ4n) is 3.07. The molecule has 1 aliphatic heterocycles. The molecule has 2 amide bonds. The number of nitrogens with zero attached hydrogens (tertiary/aromatic N) is 3. The van der Waals surface area contributed by atoms with Crippen LogP contribution in [-0.2, 0) is 19.6 Å². The zero-order valence-corrected chi connectivity index (χ0v) is 18.3. The number of benzene rings is 1. The van der Waals surface area contributed by atoms with E-state index in [0.29, 0.717) is 13.1 Å². The molecule has 0 saturated carbocycles. The van der Waals surface area contributed by atoms with Crippen LogP contribution in [0, 0.1) is 6.92 Å². The van der Waals surface area contributed by atoms with Gasteiger partial charge in [-0.25, -0.2) is 8.42 Å². The molecule has 8 nitrogen and oxygen atoms in total. The lowest BCUT2D eigenvalue weighted by molar-refractivity contribution is -0.129. The summed E-state index contributed by atoms with van der Waals surface area (Å²) in [6.45, 7) is 3.08. The van der Waals surface area contributed by atoms with E-state index >= 15 is 0 Å². The van der Waals surface area contributed by atoms with Gasteiger partial charge in [0.2, 0.25) is 21.8 Å². The highest BCUT2D eigenvalue weighted by atomic mass is 32.2. The first-order valence-electron chi connectivity index (χ1n) is 9.48. The molecule has 1 aromatic carbocycles. The van der Waals surface area contributed by atoms with Crippen LogP contribution in [0.2, 0.25) is 0 Å². The van der Waals surface area contributed by atoms with Gasteiger partial charge in [0.05, 0.1) is 11.5 Å². The second-order valence-electron chi connectivity index (χ2n) is 6.88. The summed E-state index contributed by atoms with van der Waals surface area (Å²) in [5, 5.41) is 2.81. The first-order chi connectivity index (χ1) is 14.4. The molecular weight excluding hydrogens is 424 g/mol. The molecule has 30 heavy (non-hydrogen) atoms. The van der Waals surface area contributed by atoms with Crippen molar-refractivity contribution in [2.75, 3.05) is 43.0 Å². The molecule has 0 bridgehead atoms. The van der Waals surface area contributed by atoms with Crippen molar-refractivity contribution in [3.8, 4) is 0 Å². The molecule has 1 aromatic heterocycles. The maximum absolute atomic E-state index is 12.6. The van der Waals surface area contributed by atoms with Crippen LogP contribution in [-0.4, -0.2) is 72.1 Å². The molecule has 0 atom stereocenters. The molecule has 10 heteroatoms. The molecule has 2 heterocycles. The third kappa shape index (κ3) is 5.80. The van der Waals surface area contributed by atoms with E-state index in [4.69, 9.17) is 0 Å². The summed E-state index contributed by atoms with van der Waals surface area (Å²) in [4.78, 5) is 30.1. The van der Waals surface area contributed by atoms with Crippen molar-refractivity contribution in [2.24, 2.45) is 0 Å². The summed E-state index contributed by atoms with van der Waals surface area (Å²) >= 11 is 1.25. The average molecular weight is 449 g/mol. The van der Waals surface area contributed by atoms with Gasteiger partial charge in [-0.2, -0.15) is 4.31 Å². The number of nitrogens with one attached hydrogen (secondary N) is 1. The first kappa shape index (κ1) is 22.3. The maximum atomic E-state index is 12.6. The Balaban J connectivity index is 1.42. The van der Waals surface area contributed by atoms with E-state index in [-0.39, 0.29) is 41.3 Å². The Labute approximate surface area is 180 Å². The fraction of sp³-hybridized carbons (Fsp3) is 0.350. The van der Waals surface area contributed by atoms with Gasteiger partial charge in [0.25, 0.3) is 0 Å². The van der Waals surface area contributed by atoms with Crippen LogP contribution >= 0.6 is 11.8 Å². The van der Waals surface area contributed by atoms with Crippen LogP contribution in [0.25, 0.3) is 0 Å². The second-order valence-corrected chi connectivity index (χ2v) is 9.81. The summed E-state index contributed by atoms with van der Waals surface area (Å²) in [7, 11) is -3.60. The minimum absolute atomic E-state index is 0.0956. The third-order valence-corrected chi connectivity index (χ3v) is 7.42. The number of sulfonamides is 1. The fourth-order valence-corrected chi connectivity index (χ4v) is 5.17. The minimum Gasteiger partial charge on any atom is -0.339 e. The molecule has 2 aromatic rings. The van der Waals surface area contributed by atoms with Gasteiger partial charge in [-0.05, 0) is 36.8 Å². The average Bonchev–Trinajstić information content (AvgIpc) is 2.74. The van der Waals surface area contributed by atoms with E-state index < -0.39 is 10.0 Å². The number of aromatic nitrogens is 1. The Morgan fingerprint density at radius 1 is 1.10 bits per heavy atom. The van der Waals surface area contributed by atoms with Crippen LogP contribution in [0.3, 0.4) is 0 Å². The van der Waals surface area contributed by atoms with E-state index in [0.717, 1.165) is 11.3 Å². The molecule has 0 radical (unpaired) electrons. The molecule has 160 valence electrons. The van der Waals surface area contributed by atoms with E-state index in [1.807, 2.05) is 31.2 Å². The number of pyridine rings is 1.